The molecule has 1 rings (SSSR count). The molecule has 0 aromatic heterocycles. The number of benzene rings is 1. The number of hydrogen-bond acceptors (Lipinski definition) is 4. The summed E-state index contributed by atoms with van der Waals surface area (Å²) in [5.74, 6) is -0.664. The van der Waals surface area contributed by atoms with Gasteiger partial charge in [0.2, 0.25) is 0 Å². The Morgan fingerprint density at radius 2 is 1.29 bits per heavy atom. The Morgan fingerprint density at radius 1 is 0.839 bits per heavy atom. The minimum Gasteiger partial charge on any atom is -0.744 e. The van der Waals surface area contributed by atoms with E-state index in [-0.39, 0.29) is 34.5 Å². The van der Waals surface area contributed by atoms with E-state index in [1.54, 1.807) is 6.07 Å². The summed E-state index contributed by atoms with van der Waals surface area (Å²) in [6.07, 6.45) is 21.2. The van der Waals surface area contributed by atoms with Crippen LogP contribution in [0.5, 0.6) is 0 Å². The molecule has 1 aromatic carbocycles. The van der Waals surface area contributed by atoms with E-state index in [1.165, 1.54) is 94.9 Å². The van der Waals surface area contributed by atoms with Gasteiger partial charge in [0.05, 0.1) is 4.90 Å². The fourth-order valence-corrected chi connectivity index (χ4v) is 3.42. The fourth-order valence-electron chi connectivity index (χ4n) is 2.93. The summed E-state index contributed by atoms with van der Waals surface area (Å²) in [5.41, 5.74) is 0. The molecule has 172 valence electrons. The van der Waals surface area contributed by atoms with Gasteiger partial charge in [-0.05, 0) is 44.2 Å². The monoisotopic (exact) mass is 462 g/mol. The summed E-state index contributed by atoms with van der Waals surface area (Å²) >= 11 is 0. The van der Waals surface area contributed by atoms with Gasteiger partial charge < -0.3 is 9.66 Å². The first kappa shape index (κ1) is 32.5. The molecule has 5 nitrogen and oxygen atoms in total. The summed E-state index contributed by atoms with van der Waals surface area (Å²) in [4.78, 5) is 10.1. The smallest absolute Gasteiger partial charge is 0.744 e. The molecule has 0 saturated carbocycles. The summed E-state index contributed by atoms with van der Waals surface area (Å²) in [5, 5.41) is 8.51. The summed E-state index contributed by atoms with van der Waals surface area (Å²) in [7, 11) is -4.25. The maximum Gasteiger partial charge on any atom is 1.00 e. The molecule has 0 unspecified atom stereocenters. The Kier molecular flexibility index (Phi) is 23.6. The van der Waals surface area contributed by atoms with Gasteiger partial charge in [0.25, 0.3) is 0 Å². The maximum atomic E-state index is 10.3. The zero-order chi connectivity index (χ0) is 22.5. The quantitative estimate of drug-likeness (QED) is 0.175. The predicted octanol–water partition coefficient (Wildman–Crippen LogP) is 3.70. The van der Waals surface area contributed by atoms with Gasteiger partial charge in [-0.3, -0.25) is 4.79 Å². The molecule has 0 radical (unpaired) electrons. The van der Waals surface area contributed by atoms with Crippen molar-refractivity contribution in [3.8, 4) is 0 Å². The average molecular weight is 463 g/mol. The minimum atomic E-state index is -4.25. The van der Waals surface area contributed by atoms with Crippen molar-refractivity contribution in [1.82, 2.24) is 0 Å². The van der Waals surface area contributed by atoms with Gasteiger partial charge in [-0.1, -0.05) is 88.6 Å². The third-order valence-corrected chi connectivity index (χ3v) is 5.53. The second-order valence-electron chi connectivity index (χ2n) is 7.50. The Hall–Kier alpha value is -0.660. The van der Waals surface area contributed by atoms with E-state index < -0.39 is 16.1 Å². The number of carboxylic acid groups (broad SMARTS) is 1. The largest absolute Gasteiger partial charge is 1.00 e. The molecule has 31 heavy (non-hydrogen) atoms. The molecule has 7 heteroatoms. The van der Waals surface area contributed by atoms with Crippen molar-refractivity contribution in [2.24, 2.45) is 0 Å². The van der Waals surface area contributed by atoms with E-state index in [1.807, 2.05) is 0 Å². The van der Waals surface area contributed by atoms with Crippen LogP contribution < -0.4 is 29.6 Å². The van der Waals surface area contributed by atoms with Crippen molar-refractivity contribution >= 4 is 16.1 Å². The van der Waals surface area contributed by atoms with Crippen LogP contribution in [-0.4, -0.2) is 24.0 Å². The first-order valence-corrected chi connectivity index (χ1v) is 12.7. The molecule has 0 spiro atoms. The van der Waals surface area contributed by atoms with Crippen LogP contribution in [0.25, 0.3) is 0 Å². The number of carboxylic acids is 1. The second-order valence-corrected chi connectivity index (χ2v) is 8.87. The third kappa shape index (κ3) is 23.8. The second kappa shape index (κ2) is 22.5. The zero-order valence-corrected chi connectivity index (χ0v) is 22.2. The van der Waals surface area contributed by atoms with Gasteiger partial charge >= 0.3 is 35.5 Å². The average Bonchev–Trinajstić information content (AvgIpc) is 2.71. The molecule has 0 aliphatic heterocycles. The van der Waals surface area contributed by atoms with Gasteiger partial charge in [-0.25, -0.2) is 8.42 Å². The van der Waals surface area contributed by atoms with Gasteiger partial charge in [0.1, 0.15) is 10.1 Å². The van der Waals surface area contributed by atoms with Gasteiger partial charge in [0.15, 0.2) is 0 Å². The molecule has 0 heterocycles. The van der Waals surface area contributed by atoms with E-state index in [9.17, 15) is 17.8 Å². The summed E-state index contributed by atoms with van der Waals surface area (Å²) in [6, 6.07) is 7.19. The molecular formula is C24H39NaO5S. The fraction of sp³-hybridized carbons (Fsp3) is 0.625. The van der Waals surface area contributed by atoms with Crippen LogP contribution in [0.1, 0.15) is 96.8 Å². The van der Waals surface area contributed by atoms with Crippen LogP contribution in [0.4, 0.5) is 0 Å². The Balaban J connectivity index is 0. The standard InChI is InChI=1S/C18H34O2.C6H6O3S.Na/c1-2-3-4-5-6-7-8-9-10-11-12-13-14-15-16-17-18(19)20;7-10(8,9)6-4-2-1-3-5-6;/h9-10H,2-8,11-17H2,1H3,(H,19,20);1-5H,(H,7,8,9);/q;;+1/p-1/b10-9-;;. The predicted molar refractivity (Wildman–Crippen MR) is 121 cm³/mol. The third-order valence-electron chi connectivity index (χ3n) is 4.68. The summed E-state index contributed by atoms with van der Waals surface area (Å²) < 4.78 is 30.8. The molecular weight excluding hydrogens is 423 g/mol. The molecule has 1 aromatic rings. The number of hydrogen-bond donors (Lipinski definition) is 1. The Morgan fingerprint density at radius 3 is 1.71 bits per heavy atom. The molecule has 1 N–H and O–H groups in total. The zero-order valence-electron chi connectivity index (χ0n) is 19.4. The van der Waals surface area contributed by atoms with Crippen LogP contribution in [0.15, 0.2) is 47.4 Å². The topological polar surface area (TPSA) is 94.5 Å². The minimum absolute atomic E-state index is 0. The number of rotatable bonds is 16. The number of unbranched alkanes of at least 4 members (excludes halogenated alkanes) is 11. The van der Waals surface area contributed by atoms with E-state index in [2.05, 4.69) is 19.1 Å². The SMILES string of the molecule is CCCCCCCC/C=C\CCCCCCCC(=O)O.O=S(=O)([O-])c1ccccc1.[Na+]. The van der Waals surface area contributed by atoms with Crippen molar-refractivity contribution in [2.75, 3.05) is 0 Å². The van der Waals surface area contributed by atoms with Crippen LogP contribution in [0, 0.1) is 0 Å². The normalized spacial score (nSPS) is 10.9. The van der Waals surface area contributed by atoms with Crippen LogP contribution in [0.3, 0.4) is 0 Å². The van der Waals surface area contributed by atoms with Crippen molar-refractivity contribution in [3.05, 3.63) is 42.5 Å². The van der Waals surface area contributed by atoms with Crippen LogP contribution in [-0.2, 0) is 14.9 Å². The van der Waals surface area contributed by atoms with Gasteiger partial charge in [-0.15, -0.1) is 0 Å². The van der Waals surface area contributed by atoms with Crippen LogP contribution in [0.2, 0.25) is 0 Å². The van der Waals surface area contributed by atoms with E-state index in [0.29, 0.717) is 6.42 Å². The molecule has 0 saturated heterocycles. The molecule has 0 aliphatic carbocycles. The number of aliphatic carboxylic acids is 1. The van der Waals surface area contributed by atoms with Gasteiger partial charge in [-0.2, -0.15) is 0 Å². The van der Waals surface area contributed by atoms with Gasteiger partial charge in [0, 0.05) is 6.42 Å². The van der Waals surface area contributed by atoms with Crippen molar-refractivity contribution in [1.29, 1.82) is 0 Å². The molecule has 0 atom stereocenters. The molecule has 0 amide bonds. The van der Waals surface area contributed by atoms with Crippen molar-refractivity contribution in [3.63, 3.8) is 0 Å². The van der Waals surface area contributed by atoms with Crippen molar-refractivity contribution < 1.29 is 52.4 Å². The Bertz CT molecular complexity index is 660. The Labute approximate surface area is 211 Å². The molecule has 0 aliphatic rings. The maximum absolute atomic E-state index is 10.3. The van der Waals surface area contributed by atoms with E-state index in [0.717, 1.165) is 12.8 Å². The number of allylic oxidation sites excluding steroid dienone is 2. The first-order valence-electron chi connectivity index (χ1n) is 11.3. The van der Waals surface area contributed by atoms with E-state index >= 15 is 0 Å². The van der Waals surface area contributed by atoms with Crippen LogP contribution >= 0.6 is 0 Å². The molecule has 0 fully saturated rings. The van der Waals surface area contributed by atoms with E-state index in [4.69, 9.17) is 5.11 Å². The molecule has 0 bridgehead atoms. The number of carbonyl (C=O) groups is 1. The first-order chi connectivity index (χ1) is 14.4. The van der Waals surface area contributed by atoms with Crippen molar-refractivity contribution in [2.45, 2.75) is 102 Å². The summed E-state index contributed by atoms with van der Waals surface area (Å²) in [6.45, 7) is 2.26.